The highest BCUT2D eigenvalue weighted by atomic mass is 15.2. The van der Waals surface area contributed by atoms with Crippen molar-refractivity contribution in [2.45, 2.75) is 58.8 Å². The van der Waals surface area contributed by atoms with Crippen LogP contribution in [0.4, 0.5) is 0 Å². The number of aromatic nitrogens is 2. The minimum absolute atomic E-state index is 0.753. The molecular weight excluding hydrogens is 258 g/mol. The van der Waals surface area contributed by atoms with Crippen LogP contribution >= 0.6 is 0 Å². The summed E-state index contributed by atoms with van der Waals surface area (Å²) >= 11 is 0. The van der Waals surface area contributed by atoms with Crippen LogP contribution in [0.1, 0.15) is 58.1 Å². The van der Waals surface area contributed by atoms with E-state index in [4.69, 9.17) is 0 Å². The van der Waals surface area contributed by atoms with Crippen molar-refractivity contribution in [2.75, 3.05) is 13.1 Å². The van der Waals surface area contributed by atoms with Gasteiger partial charge >= 0.3 is 0 Å². The van der Waals surface area contributed by atoms with E-state index >= 15 is 0 Å². The highest BCUT2D eigenvalue weighted by Crippen LogP contribution is 2.31. The molecule has 2 rings (SSSR count). The maximum atomic E-state index is 4.29. The third-order valence-electron chi connectivity index (χ3n) is 4.97. The first-order valence-electron chi connectivity index (χ1n) is 8.84. The second-order valence-corrected chi connectivity index (χ2v) is 7.20. The van der Waals surface area contributed by atoms with E-state index in [1.807, 2.05) is 10.9 Å². The molecule has 1 heterocycles. The van der Waals surface area contributed by atoms with Crippen LogP contribution in [0.2, 0.25) is 0 Å². The maximum Gasteiger partial charge on any atom is 0.0492 e. The zero-order valence-corrected chi connectivity index (χ0v) is 14.1. The molecule has 0 aliphatic heterocycles. The highest BCUT2D eigenvalue weighted by Gasteiger charge is 2.23. The van der Waals surface area contributed by atoms with Gasteiger partial charge in [0.25, 0.3) is 0 Å². The van der Waals surface area contributed by atoms with Crippen molar-refractivity contribution >= 4 is 0 Å². The summed E-state index contributed by atoms with van der Waals surface area (Å²) in [6.07, 6.45) is 11.6. The molecule has 1 N–H and O–H groups in total. The van der Waals surface area contributed by atoms with Crippen molar-refractivity contribution in [3.63, 3.8) is 0 Å². The fourth-order valence-corrected chi connectivity index (χ4v) is 3.65. The van der Waals surface area contributed by atoms with E-state index in [0.29, 0.717) is 0 Å². The Hall–Kier alpha value is -0.830. The van der Waals surface area contributed by atoms with Gasteiger partial charge in [-0.2, -0.15) is 5.10 Å². The predicted molar refractivity (Wildman–Crippen MR) is 89.3 cm³/mol. The first-order chi connectivity index (χ1) is 10.2. The highest BCUT2D eigenvalue weighted by molar-refractivity contribution is 5.00. The average molecular weight is 291 g/mol. The van der Waals surface area contributed by atoms with Gasteiger partial charge in [-0.25, -0.2) is 0 Å². The fraction of sp³-hybridized carbons (Fsp3) is 0.833. The summed E-state index contributed by atoms with van der Waals surface area (Å²) in [4.78, 5) is 0. The Labute approximate surface area is 130 Å². The van der Waals surface area contributed by atoms with E-state index < -0.39 is 0 Å². The van der Waals surface area contributed by atoms with Gasteiger partial charge in [-0.3, -0.25) is 4.68 Å². The molecule has 0 spiro atoms. The Balaban J connectivity index is 1.84. The van der Waals surface area contributed by atoms with E-state index in [2.05, 4.69) is 37.4 Å². The summed E-state index contributed by atoms with van der Waals surface area (Å²) in [6, 6.07) is 2.17. The molecular formula is C18H33N3. The molecule has 1 aromatic heterocycles. The monoisotopic (exact) mass is 291 g/mol. The van der Waals surface area contributed by atoms with Crippen LogP contribution in [0.15, 0.2) is 12.3 Å². The molecule has 1 saturated carbocycles. The molecule has 0 saturated heterocycles. The van der Waals surface area contributed by atoms with Crippen molar-refractivity contribution in [3.8, 4) is 0 Å². The second kappa shape index (κ2) is 8.57. The number of rotatable bonds is 7. The Morgan fingerprint density at radius 1 is 1.24 bits per heavy atom. The standard InChI is InChI=1S/C18H33N3/c1-15(2)13-19-14-17-8-6-4-5-7-16(17)9-10-18-11-12-20-21(18)3/h11-12,15-17,19H,4-10,13-14H2,1-3H3. The number of hydrogen-bond donors (Lipinski definition) is 1. The van der Waals surface area contributed by atoms with Gasteiger partial charge in [-0.15, -0.1) is 0 Å². The zero-order chi connectivity index (χ0) is 15.1. The lowest BCUT2D eigenvalue weighted by atomic mass is 9.84. The molecule has 0 amide bonds. The van der Waals surface area contributed by atoms with Crippen LogP contribution in [-0.2, 0) is 13.5 Å². The number of nitrogens with one attached hydrogen (secondary N) is 1. The van der Waals surface area contributed by atoms with Gasteiger partial charge in [0, 0.05) is 18.9 Å². The van der Waals surface area contributed by atoms with Gasteiger partial charge in [0.15, 0.2) is 0 Å². The third-order valence-corrected chi connectivity index (χ3v) is 4.97. The lowest BCUT2D eigenvalue weighted by Gasteiger charge is -2.26. The fourth-order valence-electron chi connectivity index (χ4n) is 3.65. The van der Waals surface area contributed by atoms with Crippen LogP contribution < -0.4 is 5.32 Å². The molecule has 1 aliphatic rings. The number of nitrogens with zero attached hydrogens (tertiary/aromatic N) is 2. The maximum absolute atomic E-state index is 4.29. The molecule has 0 bridgehead atoms. The zero-order valence-electron chi connectivity index (χ0n) is 14.1. The Morgan fingerprint density at radius 2 is 2.00 bits per heavy atom. The van der Waals surface area contributed by atoms with Crippen LogP contribution in [0.3, 0.4) is 0 Å². The minimum atomic E-state index is 0.753. The van der Waals surface area contributed by atoms with Gasteiger partial charge < -0.3 is 5.32 Å². The smallest absolute Gasteiger partial charge is 0.0492 e. The van der Waals surface area contributed by atoms with Gasteiger partial charge in [-0.05, 0) is 56.2 Å². The van der Waals surface area contributed by atoms with Crippen molar-refractivity contribution in [2.24, 2.45) is 24.8 Å². The van der Waals surface area contributed by atoms with E-state index in [0.717, 1.165) is 24.3 Å². The molecule has 21 heavy (non-hydrogen) atoms. The van der Waals surface area contributed by atoms with Gasteiger partial charge in [0.05, 0.1) is 0 Å². The van der Waals surface area contributed by atoms with E-state index in [1.54, 1.807) is 0 Å². The first kappa shape index (κ1) is 16.5. The second-order valence-electron chi connectivity index (χ2n) is 7.20. The summed E-state index contributed by atoms with van der Waals surface area (Å²) < 4.78 is 2.03. The molecule has 2 unspecified atom stereocenters. The number of aryl methyl sites for hydroxylation is 2. The molecule has 1 aliphatic carbocycles. The summed E-state index contributed by atoms with van der Waals surface area (Å²) in [5.41, 5.74) is 1.38. The molecule has 0 aromatic carbocycles. The van der Waals surface area contributed by atoms with Crippen molar-refractivity contribution in [1.82, 2.24) is 15.1 Å². The van der Waals surface area contributed by atoms with E-state index in [1.165, 1.54) is 57.2 Å². The molecule has 2 atom stereocenters. The molecule has 3 heteroatoms. The lowest BCUT2D eigenvalue weighted by molar-refractivity contribution is 0.279. The quantitative estimate of drug-likeness (QED) is 0.775. The normalized spacial score (nSPS) is 23.4. The summed E-state index contributed by atoms with van der Waals surface area (Å²) in [6.45, 7) is 6.96. The molecule has 3 nitrogen and oxygen atoms in total. The molecule has 1 fully saturated rings. The lowest BCUT2D eigenvalue weighted by Crippen LogP contribution is -2.30. The predicted octanol–water partition coefficient (Wildman–Crippen LogP) is 3.79. The van der Waals surface area contributed by atoms with Gasteiger partial charge in [-0.1, -0.05) is 39.5 Å². The SMILES string of the molecule is CC(C)CNCC1CCCCCC1CCc1ccnn1C. The number of hydrogen-bond acceptors (Lipinski definition) is 2. The Kier molecular flexibility index (Phi) is 6.75. The molecule has 0 radical (unpaired) electrons. The van der Waals surface area contributed by atoms with E-state index in [9.17, 15) is 0 Å². The van der Waals surface area contributed by atoms with Gasteiger partial charge in [0.2, 0.25) is 0 Å². The van der Waals surface area contributed by atoms with Crippen molar-refractivity contribution < 1.29 is 0 Å². The summed E-state index contributed by atoms with van der Waals surface area (Å²) in [5.74, 6) is 2.52. The first-order valence-corrected chi connectivity index (χ1v) is 8.84. The third kappa shape index (κ3) is 5.46. The average Bonchev–Trinajstić information content (AvgIpc) is 2.72. The van der Waals surface area contributed by atoms with Crippen LogP contribution in [0.25, 0.3) is 0 Å². The Bertz CT molecular complexity index is 397. The largest absolute Gasteiger partial charge is 0.316 e. The topological polar surface area (TPSA) is 29.9 Å². The van der Waals surface area contributed by atoms with Crippen LogP contribution in [0, 0.1) is 17.8 Å². The van der Waals surface area contributed by atoms with Crippen LogP contribution in [-0.4, -0.2) is 22.9 Å². The summed E-state index contributed by atoms with van der Waals surface area (Å²) in [7, 11) is 2.06. The van der Waals surface area contributed by atoms with E-state index in [-0.39, 0.29) is 0 Å². The summed E-state index contributed by atoms with van der Waals surface area (Å²) in [5, 5.41) is 7.99. The van der Waals surface area contributed by atoms with Crippen molar-refractivity contribution in [1.29, 1.82) is 0 Å². The van der Waals surface area contributed by atoms with Crippen LogP contribution in [0.5, 0.6) is 0 Å². The van der Waals surface area contributed by atoms with Gasteiger partial charge in [0.1, 0.15) is 0 Å². The molecule has 120 valence electrons. The Morgan fingerprint density at radius 3 is 2.67 bits per heavy atom. The minimum Gasteiger partial charge on any atom is -0.316 e. The molecule has 1 aromatic rings. The van der Waals surface area contributed by atoms with Crippen molar-refractivity contribution in [3.05, 3.63) is 18.0 Å².